The lowest BCUT2D eigenvalue weighted by atomic mass is 9.94. The van der Waals surface area contributed by atoms with Gasteiger partial charge in [0.15, 0.2) is 9.84 Å². The van der Waals surface area contributed by atoms with Gasteiger partial charge in [0.1, 0.15) is 0 Å². The Kier molecular flexibility index (Phi) is 5.89. The van der Waals surface area contributed by atoms with Gasteiger partial charge in [0, 0.05) is 6.54 Å². The Morgan fingerprint density at radius 2 is 1.88 bits per heavy atom. The zero-order valence-corrected chi connectivity index (χ0v) is 11.9. The van der Waals surface area contributed by atoms with Gasteiger partial charge in [-0.15, -0.1) is 0 Å². The minimum Gasteiger partial charge on any atom is -0.330 e. The summed E-state index contributed by atoms with van der Waals surface area (Å²) in [5.74, 6) is 1.05. The molecule has 0 aliphatic carbocycles. The molecule has 0 radical (unpaired) electrons. The molecule has 17 heavy (non-hydrogen) atoms. The minimum absolute atomic E-state index is 0.253. The summed E-state index contributed by atoms with van der Waals surface area (Å²) in [7, 11) is -2.88. The second-order valence-corrected chi connectivity index (χ2v) is 7.95. The number of hydrogen-bond acceptors (Lipinski definition) is 4. The van der Waals surface area contributed by atoms with Gasteiger partial charge >= 0.3 is 0 Å². The monoisotopic (exact) mass is 262 g/mol. The van der Waals surface area contributed by atoms with Crippen LogP contribution in [-0.2, 0) is 9.84 Å². The van der Waals surface area contributed by atoms with Crippen molar-refractivity contribution >= 4 is 9.84 Å². The Labute approximate surface area is 105 Å². The molecule has 0 unspecified atom stereocenters. The molecule has 0 spiro atoms. The molecule has 1 heterocycles. The lowest BCUT2D eigenvalue weighted by Crippen LogP contribution is -2.38. The second kappa shape index (κ2) is 6.71. The normalized spacial score (nSPS) is 20.0. The lowest BCUT2D eigenvalue weighted by Gasteiger charge is -2.31. The highest BCUT2D eigenvalue weighted by molar-refractivity contribution is 7.92. The number of nitrogens with zero attached hydrogens (tertiary/aromatic N) is 1. The number of nitrogens with two attached hydrogens (primary N) is 1. The Hall–Kier alpha value is -0.130. The van der Waals surface area contributed by atoms with E-state index in [-0.39, 0.29) is 5.25 Å². The predicted molar refractivity (Wildman–Crippen MR) is 71.8 cm³/mol. The zero-order chi connectivity index (χ0) is 12.9. The molecule has 1 aliphatic rings. The average molecular weight is 262 g/mol. The molecule has 102 valence electrons. The van der Waals surface area contributed by atoms with Crippen molar-refractivity contribution in [3.63, 3.8) is 0 Å². The molecular formula is C12H26N2O2S. The summed E-state index contributed by atoms with van der Waals surface area (Å²) in [5.41, 5.74) is 5.55. The SMILES string of the molecule is CC(C)S(=O)(=O)CCN1CCC(CCN)CC1. The van der Waals surface area contributed by atoms with E-state index in [1.807, 2.05) is 0 Å². The summed E-state index contributed by atoms with van der Waals surface area (Å²) < 4.78 is 23.4. The van der Waals surface area contributed by atoms with Crippen LogP contribution >= 0.6 is 0 Å². The van der Waals surface area contributed by atoms with Crippen molar-refractivity contribution in [1.82, 2.24) is 4.90 Å². The van der Waals surface area contributed by atoms with Crippen molar-refractivity contribution in [2.24, 2.45) is 11.7 Å². The molecule has 1 rings (SSSR count). The van der Waals surface area contributed by atoms with Gasteiger partial charge in [-0.05, 0) is 58.7 Å². The summed E-state index contributed by atoms with van der Waals surface area (Å²) in [4.78, 5) is 2.27. The van der Waals surface area contributed by atoms with E-state index in [1.165, 1.54) is 12.8 Å². The first kappa shape index (κ1) is 14.9. The van der Waals surface area contributed by atoms with E-state index < -0.39 is 9.84 Å². The fourth-order valence-corrected chi connectivity index (χ4v) is 3.21. The summed E-state index contributed by atoms with van der Waals surface area (Å²) in [6.07, 6.45) is 3.44. The molecule has 1 fully saturated rings. The highest BCUT2D eigenvalue weighted by atomic mass is 32.2. The van der Waals surface area contributed by atoms with Crippen molar-refractivity contribution in [2.45, 2.75) is 38.4 Å². The van der Waals surface area contributed by atoms with Crippen molar-refractivity contribution in [3.8, 4) is 0 Å². The van der Waals surface area contributed by atoms with E-state index >= 15 is 0 Å². The maximum atomic E-state index is 11.7. The van der Waals surface area contributed by atoms with Crippen LogP contribution < -0.4 is 5.73 Å². The molecule has 1 aliphatic heterocycles. The van der Waals surface area contributed by atoms with Gasteiger partial charge < -0.3 is 10.6 Å². The van der Waals surface area contributed by atoms with E-state index in [9.17, 15) is 8.42 Å². The highest BCUT2D eigenvalue weighted by Crippen LogP contribution is 2.19. The first-order valence-electron chi connectivity index (χ1n) is 6.59. The van der Waals surface area contributed by atoms with E-state index in [2.05, 4.69) is 4.90 Å². The topological polar surface area (TPSA) is 63.4 Å². The summed E-state index contributed by atoms with van der Waals surface area (Å²) in [5, 5.41) is -0.253. The molecule has 0 amide bonds. The van der Waals surface area contributed by atoms with Gasteiger partial charge in [-0.2, -0.15) is 0 Å². The van der Waals surface area contributed by atoms with E-state index in [1.54, 1.807) is 13.8 Å². The first-order chi connectivity index (χ1) is 7.95. The number of likely N-dealkylation sites (tertiary alicyclic amines) is 1. The van der Waals surface area contributed by atoms with Crippen LogP contribution in [0.1, 0.15) is 33.1 Å². The Bertz CT molecular complexity index is 306. The van der Waals surface area contributed by atoms with Crippen LogP contribution in [0.5, 0.6) is 0 Å². The fraction of sp³-hybridized carbons (Fsp3) is 1.00. The van der Waals surface area contributed by atoms with Crippen molar-refractivity contribution < 1.29 is 8.42 Å². The Balaban J connectivity index is 2.27. The summed E-state index contributed by atoms with van der Waals surface area (Å²) in [6.45, 7) is 7.02. The van der Waals surface area contributed by atoms with Crippen LogP contribution in [0.4, 0.5) is 0 Å². The van der Waals surface area contributed by atoms with Gasteiger partial charge in [0.2, 0.25) is 0 Å². The molecule has 0 atom stereocenters. The number of hydrogen-bond donors (Lipinski definition) is 1. The Morgan fingerprint density at radius 3 is 2.35 bits per heavy atom. The largest absolute Gasteiger partial charge is 0.330 e. The third kappa shape index (κ3) is 4.94. The number of sulfone groups is 1. The molecule has 0 saturated carbocycles. The van der Waals surface area contributed by atoms with Crippen molar-refractivity contribution in [3.05, 3.63) is 0 Å². The molecule has 2 N–H and O–H groups in total. The highest BCUT2D eigenvalue weighted by Gasteiger charge is 2.21. The van der Waals surface area contributed by atoms with Crippen molar-refractivity contribution in [1.29, 1.82) is 0 Å². The van der Waals surface area contributed by atoms with Crippen LogP contribution in [0, 0.1) is 5.92 Å². The first-order valence-corrected chi connectivity index (χ1v) is 8.31. The van der Waals surface area contributed by atoms with E-state index in [0.29, 0.717) is 12.3 Å². The molecule has 5 heteroatoms. The predicted octanol–water partition coefficient (Wildman–Crippen LogP) is 0.870. The van der Waals surface area contributed by atoms with Gasteiger partial charge in [0.05, 0.1) is 11.0 Å². The van der Waals surface area contributed by atoms with E-state index in [0.717, 1.165) is 32.0 Å². The van der Waals surface area contributed by atoms with Crippen LogP contribution in [0.15, 0.2) is 0 Å². The second-order valence-electron chi connectivity index (χ2n) is 5.28. The molecule has 0 aromatic heterocycles. The zero-order valence-electron chi connectivity index (χ0n) is 11.1. The Morgan fingerprint density at radius 1 is 1.29 bits per heavy atom. The third-order valence-corrected chi connectivity index (χ3v) is 5.88. The van der Waals surface area contributed by atoms with Crippen LogP contribution in [0.2, 0.25) is 0 Å². The van der Waals surface area contributed by atoms with Crippen LogP contribution in [0.3, 0.4) is 0 Å². The maximum absolute atomic E-state index is 11.7. The quantitative estimate of drug-likeness (QED) is 0.771. The minimum atomic E-state index is -2.88. The van der Waals surface area contributed by atoms with Gasteiger partial charge in [-0.3, -0.25) is 0 Å². The molecule has 0 aromatic carbocycles. The lowest BCUT2D eigenvalue weighted by molar-refractivity contribution is 0.189. The van der Waals surface area contributed by atoms with Gasteiger partial charge in [-0.1, -0.05) is 0 Å². The van der Waals surface area contributed by atoms with Crippen LogP contribution in [-0.4, -0.2) is 50.5 Å². The number of piperidine rings is 1. The summed E-state index contributed by atoms with van der Waals surface area (Å²) >= 11 is 0. The fourth-order valence-electron chi connectivity index (χ4n) is 2.23. The van der Waals surface area contributed by atoms with Gasteiger partial charge in [-0.25, -0.2) is 8.42 Å². The van der Waals surface area contributed by atoms with Crippen LogP contribution in [0.25, 0.3) is 0 Å². The molecule has 0 aromatic rings. The maximum Gasteiger partial charge on any atom is 0.153 e. The molecular weight excluding hydrogens is 236 g/mol. The third-order valence-electron chi connectivity index (χ3n) is 3.69. The molecule has 1 saturated heterocycles. The standard InChI is InChI=1S/C12H26N2O2S/c1-11(2)17(15,16)10-9-14-7-4-12(3-6-13)5-8-14/h11-12H,3-10,13H2,1-2H3. The summed E-state index contributed by atoms with van der Waals surface area (Å²) in [6, 6.07) is 0. The molecule has 0 bridgehead atoms. The smallest absolute Gasteiger partial charge is 0.153 e. The van der Waals surface area contributed by atoms with Crippen molar-refractivity contribution in [2.75, 3.05) is 31.9 Å². The number of rotatable bonds is 6. The average Bonchev–Trinajstić information content (AvgIpc) is 2.28. The van der Waals surface area contributed by atoms with E-state index in [4.69, 9.17) is 5.73 Å². The molecule has 4 nitrogen and oxygen atoms in total. The van der Waals surface area contributed by atoms with Gasteiger partial charge in [0.25, 0.3) is 0 Å².